The molecule has 1 aromatic carbocycles. The van der Waals surface area contributed by atoms with Gasteiger partial charge in [0.25, 0.3) is 5.91 Å². The van der Waals surface area contributed by atoms with Gasteiger partial charge in [0.2, 0.25) is 0 Å². The predicted molar refractivity (Wildman–Crippen MR) is 83.5 cm³/mol. The number of benzene rings is 1. The van der Waals surface area contributed by atoms with Gasteiger partial charge in [0, 0.05) is 6.07 Å². The van der Waals surface area contributed by atoms with Gasteiger partial charge in [-0.05, 0) is 48.5 Å². The highest BCUT2D eigenvalue weighted by atomic mass is 35.5. The van der Waals surface area contributed by atoms with Gasteiger partial charge >= 0.3 is 0 Å². The Morgan fingerprint density at radius 2 is 2.18 bits per heavy atom. The van der Waals surface area contributed by atoms with E-state index in [1.54, 1.807) is 0 Å². The molecule has 3 aliphatic rings. The number of nitrogens with two attached hydrogens (primary N) is 1. The summed E-state index contributed by atoms with van der Waals surface area (Å²) in [5, 5.41) is 0.219. The van der Waals surface area contributed by atoms with Gasteiger partial charge < -0.3 is 10.5 Å². The van der Waals surface area contributed by atoms with Gasteiger partial charge in [-0.2, -0.15) is 0 Å². The number of fused-ring (bicyclic) bond motifs is 2. The normalized spacial score (nSPS) is 28.8. The molecular weight excluding hydrogens is 305 g/mol. The van der Waals surface area contributed by atoms with Gasteiger partial charge in [0.05, 0.1) is 17.2 Å². The molecule has 3 atom stereocenters. The number of hydrogen-bond donors (Lipinski definition) is 1. The molecule has 120 valence electrons. The molecule has 3 fully saturated rings. The van der Waals surface area contributed by atoms with E-state index in [1.807, 2.05) is 0 Å². The van der Waals surface area contributed by atoms with E-state index in [0.29, 0.717) is 23.9 Å². The van der Waals surface area contributed by atoms with E-state index in [2.05, 4.69) is 13.8 Å². The topological polar surface area (TPSA) is 52.3 Å². The Morgan fingerprint density at radius 1 is 1.45 bits per heavy atom. The highest BCUT2D eigenvalue weighted by Crippen LogP contribution is 2.61. The van der Waals surface area contributed by atoms with Crippen LogP contribution >= 0.6 is 11.6 Å². The summed E-state index contributed by atoms with van der Waals surface area (Å²) in [5.41, 5.74) is 5.28. The van der Waals surface area contributed by atoms with Crippen LogP contribution in [0.3, 0.4) is 0 Å². The van der Waals surface area contributed by atoms with Crippen LogP contribution in [0.1, 0.15) is 43.5 Å². The van der Waals surface area contributed by atoms with Crippen molar-refractivity contribution in [3.05, 3.63) is 28.5 Å². The SMILES string of the molecule is CC1(C)[C@H]2CCC(COc3cc(F)c(C(N)=O)cc3Cl)[C@@H]1C2. The number of carbonyl (C=O) groups is 1. The first kappa shape index (κ1) is 15.6. The van der Waals surface area contributed by atoms with Crippen molar-refractivity contribution in [2.24, 2.45) is 28.9 Å². The Hall–Kier alpha value is -1.29. The summed E-state index contributed by atoms with van der Waals surface area (Å²) < 4.78 is 19.6. The standard InChI is InChI=1S/C17H21ClFNO2/c1-17(2)10-4-3-9(12(17)5-10)8-22-15-7-14(19)11(16(20)21)6-13(15)18/h6-7,9-10,12H,3-5,8H2,1-2H3,(H2,20,21)/t9?,10-,12-/m0/s1. The summed E-state index contributed by atoms with van der Waals surface area (Å²) in [6.45, 7) is 5.19. The molecule has 0 spiro atoms. The van der Waals surface area contributed by atoms with E-state index in [4.69, 9.17) is 22.1 Å². The minimum Gasteiger partial charge on any atom is -0.492 e. The van der Waals surface area contributed by atoms with Crippen LogP contribution in [0.25, 0.3) is 0 Å². The zero-order valence-corrected chi connectivity index (χ0v) is 13.6. The molecule has 0 heterocycles. The maximum Gasteiger partial charge on any atom is 0.251 e. The van der Waals surface area contributed by atoms with Crippen LogP contribution in [0.4, 0.5) is 4.39 Å². The molecule has 4 rings (SSSR count). The van der Waals surface area contributed by atoms with Crippen LogP contribution < -0.4 is 10.5 Å². The Bertz CT molecular complexity index is 615. The van der Waals surface area contributed by atoms with Crippen molar-refractivity contribution < 1.29 is 13.9 Å². The quantitative estimate of drug-likeness (QED) is 0.908. The number of carbonyl (C=O) groups excluding carboxylic acids is 1. The van der Waals surface area contributed by atoms with Crippen LogP contribution in [-0.2, 0) is 0 Å². The van der Waals surface area contributed by atoms with E-state index < -0.39 is 11.7 Å². The van der Waals surface area contributed by atoms with Crippen molar-refractivity contribution in [2.75, 3.05) is 6.61 Å². The highest BCUT2D eigenvalue weighted by molar-refractivity contribution is 6.32. The van der Waals surface area contributed by atoms with Gasteiger partial charge in [-0.1, -0.05) is 25.4 Å². The number of ether oxygens (including phenoxy) is 1. The molecule has 22 heavy (non-hydrogen) atoms. The molecule has 0 aromatic heterocycles. The van der Waals surface area contributed by atoms with Crippen LogP contribution in [0.2, 0.25) is 5.02 Å². The van der Waals surface area contributed by atoms with Crippen LogP contribution in [0.15, 0.2) is 12.1 Å². The molecule has 5 heteroatoms. The van der Waals surface area contributed by atoms with Crippen molar-refractivity contribution in [1.29, 1.82) is 0 Å². The third kappa shape index (κ3) is 2.47. The Labute approximate surface area is 135 Å². The van der Waals surface area contributed by atoms with E-state index in [9.17, 15) is 9.18 Å². The number of primary amides is 1. The molecule has 1 aromatic rings. The minimum absolute atomic E-state index is 0.210. The van der Waals surface area contributed by atoms with E-state index in [0.717, 1.165) is 18.4 Å². The van der Waals surface area contributed by atoms with Gasteiger partial charge in [0.1, 0.15) is 11.6 Å². The second-order valence-corrected chi connectivity index (χ2v) is 7.54. The van der Waals surface area contributed by atoms with E-state index in [-0.39, 0.29) is 16.3 Å². The molecule has 0 saturated heterocycles. The smallest absolute Gasteiger partial charge is 0.251 e. The number of amides is 1. The first-order valence-corrected chi connectivity index (χ1v) is 8.10. The minimum atomic E-state index is -0.833. The lowest BCUT2D eigenvalue weighted by molar-refractivity contribution is -0.114. The largest absolute Gasteiger partial charge is 0.492 e. The molecule has 3 nitrogen and oxygen atoms in total. The van der Waals surface area contributed by atoms with Crippen molar-refractivity contribution >= 4 is 17.5 Å². The van der Waals surface area contributed by atoms with Gasteiger partial charge in [-0.25, -0.2) is 4.39 Å². The molecule has 0 aliphatic heterocycles. The van der Waals surface area contributed by atoms with Gasteiger partial charge in [-0.3, -0.25) is 4.79 Å². The molecule has 3 saturated carbocycles. The van der Waals surface area contributed by atoms with Crippen LogP contribution in [-0.4, -0.2) is 12.5 Å². The van der Waals surface area contributed by atoms with E-state index >= 15 is 0 Å². The predicted octanol–water partition coefficient (Wildman–Crippen LogP) is 4.03. The van der Waals surface area contributed by atoms with E-state index in [1.165, 1.54) is 18.9 Å². The van der Waals surface area contributed by atoms with Crippen molar-refractivity contribution in [2.45, 2.75) is 33.1 Å². The first-order valence-electron chi connectivity index (χ1n) is 7.72. The summed E-state index contributed by atoms with van der Waals surface area (Å²) in [7, 11) is 0. The lowest BCUT2D eigenvalue weighted by Gasteiger charge is -2.60. The number of rotatable bonds is 4. The molecule has 2 bridgehead atoms. The van der Waals surface area contributed by atoms with Crippen LogP contribution in [0.5, 0.6) is 5.75 Å². The Kier molecular flexibility index (Phi) is 3.84. The summed E-state index contributed by atoms with van der Waals surface area (Å²) in [5.74, 6) is 0.739. The van der Waals surface area contributed by atoms with Crippen molar-refractivity contribution in [1.82, 2.24) is 0 Å². The first-order chi connectivity index (χ1) is 10.3. The Morgan fingerprint density at radius 3 is 2.77 bits per heavy atom. The zero-order valence-electron chi connectivity index (χ0n) is 12.9. The van der Waals surface area contributed by atoms with Crippen molar-refractivity contribution in [3.63, 3.8) is 0 Å². The Balaban J connectivity index is 1.69. The third-order valence-corrected chi connectivity index (χ3v) is 6.04. The highest BCUT2D eigenvalue weighted by Gasteiger charge is 2.54. The molecule has 1 unspecified atom stereocenters. The summed E-state index contributed by atoms with van der Waals surface area (Å²) in [6.07, 6.45) is 3.65. The lowest BCUT2D eigenvalue weighted by Crippen LogP contribution is -2.53. The second-order valence-electron chi connectivity index (χ2n) is 7.14. The fraction of sp³-hybridized carbons (Fsp3) is 0.588. The summed E-state index contributed by atoms with van der Waals surface area (Å²) >= 11 is 6.07. The molecule has 3 aliphatic carbocycles. The number of hydrogen-bond acceptors (Lipinski definition) is 2. The fourth-order valence-electron chi connectivity index (χ4n) is 4.19. The van der Waals surface area contributed by atoms with Gasteiger partial charge in [-0.15, -0.1) is 0 Å². The molecule has 0 radical (unpaired) electrons. The zero-order chi connectivity index (χ0) is 16.1. The maximum atomic E-state index is 13.8. The summed E-state index contributed by atoms with van der Waals surface area (Å²) in [4.78, 5) is 11.1. The maximum absolute atomic E-state index is 13.8. The lowest BCUT2D eigenvalue weighted by atomic mass is 9.46. The summed E-state index contributed by atoms with van der Waals surface area (Å²) in [6, 6.07) is 2.39. The average Bonchev–Trinajstić information content (AvgIpc) is 2.47. The van der Waals surface area contributed by atoms with Gasteiger partial charge in [0.15, 0.2) is 0 Å². The molecule has 2 N–H and O–H groups in total. The second kappa shape index (κ2) is 5.41. The molecule has 1 amide bonds. The molecular formula is C17H21ClFNO2. The monoisotopic (exact) mass is 325 g/mol. The van der Waals surface area contributed by atoms with Crippen LogP contribution in [0, 0.1) is 29.0 Å². The fourth-order valence-corrected chi connectivity index (χ4v) is 4.41. The number of halogens is 2. The third-order valence-electron chi connectivity index (χ3n) is 5.74. The van der Waals surface area contributed by atoms with Crippen molar-refractivity contribution in [3.8, 4) is 5.75 Å². The average molecular weight is 326 g/mol.